The molecule has 2 N–H and O–H groups in total. The fraction of sp³-hybridized carbons (Fsp3) is 0.667. The number of fused-ring (bicyclic) bond motifs is 2. The van der Waals surface area contributed by atoms with E-state index in [2.05, 4.69) is 39.6 Å². The molecular formula is C12H18N4. The van der Waals surface area contributed by atoms with Crippen LogP contribution in [0.1, 0.15) is 25.6 Å². The summed E-state index contributed by atoms with van der Waals surface area (Å²) in [6.07, 6.45) is 9.09. The third-order valence-electron chi connectivity index (χ3n) is 4.03. The van der Waals surface area contributed by atoms with Crippen LogP contribution in [0.4, 0.5) is 0 Å². The van der Waals surface area contributed by atoms with Crippen LogP contribution in [0.2, 0.25) is 0 Å². The topological polar surface area (TPSA) is 53.6 Å². The second kappa shape index (κ2) is 4.01. The number of rotatable bonds is 4. The van der Waals surface area contributed by atoms with Gasteiger partial charge >= 0.3 is 0 Å². The zero-order valence-electron chi connectivity index (χ0n) is 9.56. The zero-order chi connectivity index (χ0) is 11.0. The Bertz CT molecular complexity index is 370. The highest BCUT2D eigenvalue weighted by molar-refractivity contribution is 5.11. The Hall–Kier alpha value is -1.16. The summed E-state index contributed by atoms with van der Waals surface area (Å²) in [5, 5.41) is 10.3. The molecular weight excluding hydrogens is 200 g/mol. The van der Waals surface area contributed by atoms with Gasteiger partial charge in [-0.15, -0.1) is 0 Å². The largest absolute Gasteiger partial charge is 0.307 e. The van der Waals surface area contributed by atoms with Gasteiger partial charge in [0.25, 0.3) is 0 Å². The van der Waals surface area contributed by atoms with E-state index in [9.17, 15) is 0 Å². The molecule has 4 unspecified atom stereocenters. The van der Waals surface area contributed by atoms with E-state index in [1.165, 1.54) is 12.8 Å². The van der Waals surface area contributed by atoms with Gasteiger partial charge in [-0.25, -0.2) is 4.98 Å². The average Bonchev–Trinajstić information content (AvgIpc) is 3.01. The first-order chi connectivity index (χ1) is 7.83. The molecule has 4 heteroatoms. The molecule has 0 spiro atoms. The van der Waals surface area contributed by atoms with Gasteiger partial charge < -0.3 is 5.32 Å². The highest BCUT2D eigenvalue weighted by Crippen LogP contribution is 2.44. The van der Waals surface area contributed by atoms with Gasteiger partial charge in [0.15, 0.2) is 0 Å². The molecule has 0 radical (unpaired) electrons. The Kier molecular flexibility index (Phi) is 2.52. The molecule has 3 rings (SSSR count). The van der Waals surface area contributed by atoms with Crippen molar-refractivity contribution in [3.8, 4) is 0 Å². The molecule has 4 nitrogen and oxygen atoms in total. The molecule has 2 aliphatic carbocycles. The van der Waals surface area contributed by atoms with Gasteiger partial charge in [-0.1, -0.05) is 12.2 Å². The van der Waals surface area contributed by atoms with E-state index in [0.717, 1.165) is 30.1 Å². The maximum Gasteiger partial charge on any atom is 0.138 e. The first-order valence-corrected chi connectivity index (χ1v) is 6.09. The fourth-order valence-electron chi connectivity index (χ4n) is 3.12. The molecule has 2 aliphatic rings. The quantitative estimate of drug-likeness (QED) is 0.753. The van der Waals surface area contributed by atoms with Crippen molar-refractivity contribution in [2.75, 3.05) is 0 Å². The van der Waals surface area contributed by atoms with Gasteiger partial charge in [-0.2, -0.15) is 5.10 Å². The summed E-state index contributed by atoms with van der Waals surface area (Å²) in [4.78, 5) is 4.12. The van der Waals surface area contributed by atoms with E-state index in [-0.39, 0.29) is 0 Å². The second-order valence-electron chi connectivity index (χ2n) is 5.05. The number of hydrogen-bond acceptors (Lipinski definition) is 3. The number of nitrogens with one attached hydrogen (secondary N) is 2. The van der Waals surface area contributed by atoms with Crippen LogP contribution in [-0.2, 0) is 6.54 Å². The van der Waals surface area contributed by atoms with Crippen LogP contribution < -0.4 is 5.32 Å². The van der Waals surface area contributed by atoms with E-state index >= 15 is 0 Å². The van der Waals surface area contributed by atoms with Gasteiger partial charge in [0, 0.05) is 6.04 Å². The minimum Gasteiger partial charge on any atom is -0.307 e. The molecule has 1 aromatic rings. The Labute approximate surface area is 95.5 Å². The van der Waals surface area contributed by atoms with E-state index in [1.54, 1.807) is 6.33 Å². The first-order valence-electron chi connectivity index (χ1n) is 6.09. The Balaban J connectivity index is 1.54. The normalized spacial score (nSPS) is 33.4. The third-order valence-corrected chi connectivity index (χ3v) is 4.03. The summed E-state index contributed by atoms with van der Waals surface area (Å²) >= 11 is 0. The van der Waals surface area contributed by atoms with Gasteiger partial charge in [0.1, 0.15) is 12.2 Å². The Morgan fingerprint density at radius 1 is 1.50 bits per heavy atom. The van der Waals surface area contributed by atoms with E-state index < -0.39 is 0 Å². The Morgan fingerprint density at radius 3 is 3.06 bits per heavy atom. The number of aromatic nitrogens is 3. The van der Waals surface area contributed by atoms with Crippen molar-refractivity contribution in [3.63, 3.8) is 0 Å². The highest BCUT2D eigenvalue weighted by Gasteiger charge is 2.38. The molecule has 2 bridgehead atoms. The lowest BCUT2D eigenvalue weighted by Gasteiger charge is -2.25. The molecule has 1 saturated carbocycles. The van der Waals surface area contributed by atoms with Crippen molar-refractivity contribution in [2.45, 2.75) is 32.4 Å². The summed E-state index contributed by atoms with van der Waals surface area (Å²) in [6.45, 7) is 3.08. The predicted molar refractivity (Wildman–Crippen MR) is 61.5 cm³/mol. The van der Waals surface area contributed by atoms with Gasteiger partial charge in [-0.3, -0.25) is 5.10 Å². The van der Waals surface area contributed by atoms with E-state index in [0.29, 0.717) is 6.04 Å². The number of H-pyrrole nitrogens is 1. The fourth-order valence-corrected chi connectivity index (χ4v) is 3.12. The maximum absolute atomic E-state index is 4.12. The van der Waals surface area contributed by atoms with Crippen molar-refractivity contribution in [3.05, 3.63) is 24.3 Å². The second-order valence-corrected chi connectivity index (χ2v) is 5.05. The van der Waals surface area contributed by atoms with Gasteiger partial charge in [-0.05, 0) is 37.5 Å². The summed E-state index contributed by atoms with van der Waals surface area (Å²) in [5.41, 5.74) is 0. The zero-order valence-corrected chi connectivity index (χ0v) is 9.56. The van der Waals surface area contributed by atoms with Crippen LogP contribution in [0.5, 0.6) is 0 Å². The SMILES string of the molecule is CC(NCc1ncn[nH]1)C1CC2C=CC1C2. The summed E-state index contributed by atoms with van der Waals surface area (Å²) in [7, 11) is 0. The van der Waals surface area contributed by atoms with Crippen LogP contribution in [0.15, 0.2) is 18.5 Å². The molecule has 0 amide bonds. The molecule has 0 aromatic carbocycles. The first kappa shape index (κ1) is 10.0. The van der Waals surface area contributed by atoms with Crippen LogP contribution in [0.3, 0.4) is 0 Å². The molecule has 86 valence electrons. The maximum atomic E-state index is 4.12. The predicted octanol–water partition coefficient (Wildman–Crippen LogP) is 1.49. The van der Waals surface area contributed by atoms with Crippen molar-refractivity contribution in [1.82, 2.24) is 20.5 Å². The third kappa shape index (κ3) is 1.78. The molecule has 4 atom stereocenters. The van der Waals surface area contributed by atoms with E-state index in [1.807, 2.05) is 0 Å². The van der Waals surface area contributed by atoms with Crippen LogP contribution in [0.25, 0.3) is 0 Å². The molecule has 0 aliphatic heterocycles. The smallest absolute Gasteiger partial charge is 0.138 e. The summed E-state index contributed by atoms with van der Waals surface area (Å²) < 4.78 is 0. The van der Waals surface area contributed by atoms with Crippen molar-refractivity contribution in [1.29, 1.82) is 0 Å². The molecule has 1 aromatic heterocycles. The molecule has 1 heterocycles. The molecule has 0 saturated heterocycles. The number of nitrogens with zero attached hydrogens (tertiary/aromatic N) is 2. The van der Waals surface area contributed by atoms with Crippen molar-refractivity contribution in [2.24, 2.45) is 17.8 Å². The average molecular weight is 218 g/mol. The molecule has 16 heavy (non-hydrogen) atoms. The lowest BCUT2D eigenvalue weighted by Crippen LogP contribution is -2.35. The highest BCUT2D eigenvalue weighted by atomic mass is 15.2. The summed E-state index contributed by atoms with van der Waals surface area (Å²) in [6, 6.07) is 0.560. The molecule has 1 fully saturated rings. The van der Waals surface area contributed by atoms with Crippen molar-refractivity contribution >= 4 is 0 Å². The van der Waals surface area contributed by atoms with Gasteiger partial charge in [0.2, 0.25) is 0 Å². The van der Waals surface area contributed by atoms with Crippen LogP contribution >= 0.6 is 0 Å². The van der Waals surface area contributed by atoms with Crippen LogP contribution in [-0.4, -0.2) is 21.2 Å². The number of aromatic amines is 1. The van der Waals surface area contributed by atoms with Crippen molar-refractivity contribution < 1.29 is 0 Å². The monoisotopic (exact) mass is 218 g/mol. The summed E-state index contributed by atoms with van der Waals surface area (Å²) in [5.74, 6) is 3.38. The number of allylic oxidation sites excluding steroid dienone is 2. The van der Waals surface area contributed by atoms with E-state index in [4.69, 9.17) is 0 Å². The van der Waals surface area contributed by atoms with Gasteiger partial charge in [0.05, 0.1) is 6.54 Å². The standard InChI is InChI=1S/C12H18N4/c1-8(13-6-12-14-7-15-16-12)11-5-9-2-3-10(11)4-9/h2-3,7-11,13H,4-6H2,1H3,(H,14,15,16). The number of hydrogen-bond donors (Lipinski definition) is 2. The Morgan fingerprint density at radius 2 is 2.44 bits per heavy atom. The minimum atomic E-state index is 0.560. The van der Waals surface area contributed by atoms with Crippen LogP contribution in [0, 0.1) is 17.8 Å². The minimum absolute atomic E-state index is 0.560. The lowest BCUT2D eigenvalue weighted by atomic mass is 9.87. The lowest BCUT2D eigenvalue weighted by molar-refractivity contribution is 0.324.